The summed E-state index contributed by atoms with van der Waals surface area (Å²) in [7, 11) is 1.01. The average molecular weight is 171 g/mol. The molecular weight excluding hydrogens is 159 g/mol. The smallest absolute Gasteiger partial charge is 0.370 e. The van der Waals surface area contributed by atoms with Crippen molar-refractivity contribution in [2.75, 3.05) is 7.11 Å². The third-order valence-electron chi connectivity index (χ3n) is 1.44. The van der Waals surface area contributed by atoms with E-state index in [1.807, 2.05) is 0 Å². The molecule has 2 nitrogen and oxygen atoms in total. The van der Waals surface area contributed by atoms with E-state index in [9.17, 15) is 13.2 Å². The molecule has 0 fully saturated rings. The summed E-state index contributed by atoms with van der Waals surface area (Å²) in [6, 6.07) is -0.972. The molecular formula is C6H12F3NO. The topological polar surface area (TPSA) is 35.2 Å². The molecule has 0 unspecified atom stereocenters. The molecule has 0 saturated carbocycles. The van der Waals surface area contributed by atoms with Crippen LogP contribution in [0.25, 0.3) is 0 Å². The third-order valence-corrected chi connectivity index (χ3v) is 1.44. The lowest BCUT2D eigenvalue weighted by Gasteiger charge is -2.23. The van der Waals surface area contributed by atoms with Crippen LogP contribution in [0.2, 0.25) is 0 Å². The minimum atomic E-state index is -4.36. The molecule has 5 heteroatoms. The van der Waals surface area contributed by atoms with Crippen molar-refractivity contribution in [3.8, 4) is 0 Å². The van der Waals surface area contributed by atoms with Crippen molar-refractivity contribution in [3.63, 3.8) is 0 Å². The number of methoxy groups -OCH3 is 1. The van der Waals surface area contributed by atoms with E-state index < -0.39 is 18.3 Å². The Morgan fingerprint density at radius 2 is 1.91 bits per heavy atom. The minimum Gasteiger partial charge on any atom is -0.370 e. The van der Waals surface area contributed by atoms with Crippen LogP contribution in [0.4, 0.5) is 13.2 Å². The Bertz CT molecular complexity index is 115. The summed E-state index contributed by atoms with van der Waals surface area (Å²) < 4.78 is 40.1. The predicted molar refractivity (Wildman–Crippen MR) is 35.1 cm³/mol. The Hall–Kier alpha value is -0.290. The number of alkyl halides is 3. The van der Waals surface area contributed by atoms with Crippen LogP contribution in [0.1, 0.15) is 13.3 Å². The van der Waals surface area contributed by atoms with Gasteiger partial charge in [0.05, 0.1) is 0 Å². The second kappa shape index (κ2) is 3.92. The summed E-state index contributed by atoms with van der Waals surface area (Å²) in [6.07, 6.45) is -5.95. The highest BCUT2D eigenvalue weighted by atomic mass is 19.4. The van der Waals surface area contributed by atoms with E-state index >= 15 is 0 Å². The molecule has 2 N–H and O–H groups in total. The van der Waals surface area contributed by atoms with Crippen molar-refractivity contribution < 1.29 is 17.9 Å². The summed E-state index contributed by atoms with van der Waals surface area (Å²) in [5.41, 5.74) is 5.17. The van der Waals surface area contributed by atoms with Crippen LogP contribution < -0.4 is 5.73 Å². The van der Waals surface area contributed by atoms with E-state index in [4.69, 9.17) is 5.73 Å². The van der Waals surface area contributed by atoms with Gasteiger partial charge in [-0.2, -0.15) is 13.2 Å². The van der Waals surface area contributed by atoms with Gasteiger partial charge in [-0.1, -0.05) is 6.92 Å². The molecule has 0 rings (SSSR count). The fourth-order valence-electron chi connectivity index (χ4n) is 0.765. The predicted octanol–water partition coefficient (Wildman–Crippen LogP) is 1.30. The highest BCUT2D eigenvalue weighted by molar-refractivity contribution is 4.78. The number of hydrogen-bond acceptors (Lipinski definition) is 2. The van der Waals surface area contributed by atoms with Crippen LogP contribution in [0.15, 0.2) is 0 Å². The van der Waals surface area contributed by atoms with Gasteiger partial charge in [0.15, 0.2) is 6.10 Å². The molecule has 0 spiro atoms. The highest BCUT2D eigenvalue weighted by Gasteiger charge is 2.43. The van der Waals surface area contributed by atoms with Gasteiger partial charge in [0.1, 0.15) is 0 Å². The molecule has 0 saturated heterocycles. The molecule has 0 aliphatic carbocycles. The molecule has 0 aliphatic rings. The zero-order chi connectivity index (χ0) is 9.07. The molecule has 0 aromatic carbocycles. The van der Waals surface area contributed by atoms with E-state index in [1.54, 1.807) is 6.92 Å². The van der Waals surface area contributed by atoms with Gasteiger partial charge in [-0.25, -0.2) is 0 Å². The van der Waals surface area contributed by atoms with Crippen molar-refractivity contribution in [1.82, 2.24) is 0 Å². The van der Waals surface area contributed by atoms with Gasteiger partial charge in [0.25, 0.3) is 0 Å². The SMILES string of the molecule is CC[C@@H](N)[C@@H](OC)C(F)(F)F. The fourth-order valence-corrected chi connectivity index (χ4v) is 0.765. The van der Waals surface area contributed by atoms with Crippen LogP contribution in [-0.4, -0.2) is 25.4 Å². The van der Waals surface area contributed by atoms with Gasteiger partial charge < -0.3 is 10.5 Å². The normalized spacial score (nSPS) is 18.0. The molecule has 0 bridgehead atoms. The number of ether oxygens (including phenoxy) is 1. The first-order valence-corrected chi connectivity index (χ1v) is 3.28. The second-order valence-corrected chi connectivity index (χ2v) is 2.27. The molecule has 2 atom stereocenters. The first kappa shape index (κ1) is 10.7. The van der Waals surface area contributed by atoms with Crippen LogP contribution in [-0.2, 0) is 4.74 Å². The van der Waals surface area contributed by atoms with E-state index in [-0.39, 0.29) is 6.42 Å². The van der Waals surface area contributed by atoms with Gasteiger partial charge in [-0.05, 0) is 6.42 Å². The molecule has 0 radical (unpaired) electrons. The van der Waals surface area contributed by atoms with Crippen molar-refractivity contribution >= 4 is 0 Å². The molecule has 0 aromatic rings. The lowest BCUT2D eigenvalue weighted by Crippen LogP contribution is -2.45. The Morgan fingerprint density at radius 3 is 2.00 bits per heavy atom. The van der Waals surface area contributed by atoms with E-state index in [2.05, 4.69) is 4.74 Å². The zero-order valence-electron chi connectivity index (χ0n) is 6.48. The maximum atomic E-state index is 12.0. The summed E-state index contributed by atoms with van der Waals surface area (Å²) in [6.45, 7) is 1.59. The summed E-state index contributed by atoms with van der Waals surface area (Å²) >= 11 is 0. The van der Waals surface area contributed by atoms with Crippen LogP contribution in [0.5, 0.6) is 0 Å². The molecule has 0 heterocycles. The monoisotopic (exact) mass is 171 g/mol. The van der Waals surface area contributed by atoms with Crippen molar-refractivity contribution in [2.45, 2.75) is 31.7 Å². The van der Waals surface area contributed by atoms with Crippen molar-refractivity contribution in [1.29, 1.82) is 0 Å². The summed E-state index contributed by atoms with van der Waals surface area (Å²) in [5, 5.41) is 0. The summed E-state index contributed by atoms with van der Waals surface area (Å²) in [5.74, 6) is 0. The van der Waals surface area contributed by atoms with Gasteiger partial charge >= 0.3 is 6.18 Å². The average Bonchev–Trinajstić information content (AvgIpc) is 1.86. The lowest BCUT2D eigenvalue weighted by atomic mass is 10.1. The Labute approximate surface area is 63.5 Å². The van der Waals surface area contributed by atoms with Crippen molar-refractivity contribution in [3.05, 3.63) is 0 Å². The number of halogens is 3. The van der Waals surface area contributed by atoms with Crippen LogP contribution in [0.3, 0.4) is 0 Å². The zero-order valence-corrected chi connectivity index (χ0v) is 6.48. The fraction of sp³-hybridized carbons (Fsp3) is 1.00. The Kier molecular flexibility index (Phi) is 3.82. The maximum Gasteiger partial charge on any atom is 0.416 e. The molecule has 0 aliphatic heterocycles. The van der Waals surface area contributed by atoms with E-state index in [1.165, 1.54) is 0 Å². The first-order chi connectivity index (χ1) is 4.93. The first-order valence-electron chi connectivity index (χ1n) is 3.28. The van der Waals surface area contributed by atoms with Gasteiger partial charge in [-0.3, -0.25) is 0 Å². The van der Waals surface area contributed by atoms with Crippen molar-refractivity contribution in [2.24, 2.45) is 5.73 Å². The minimum absolute atomic E-state index is 0.248. The molecule has 0 amide bonds. The molecule has 11 heavy (non-hydrogen) atoms. The van der Waals surface area contributed by atoms with Crippen LogP contribution in [0, 0.1) is 0 Å². The number of nitrogens with two attached hydrogens (primary N) is 1. The van der Waals surface area contributed by atoms with Crippen LogP contribution >= 0.6 is 0 Å². The van der Waals surface area contributed by atoms with E-state index in [0.717, 1.165) is 7.11 Å². The summed E-state index contributed by atoms with van der Waals surface area (Å²) in [4.78, 5) is 0. The largest absolute Gasteiger partial charge is 0.416 e. The molecule has 0 aromatic heterocycles. The second-order valence-electron chi connectivity index (χ2n) is 2.27. The number of hydrogen-bond donors (Lipinski definition) is 1. The van der Waals surface area contributed by atoms with Gasteiger partial charge in [-0.15, -0.1) is 0 Å². The Balaban J connectivity index is 4.16. The Morgan fingerprint density at radius 1 is 1.45 bits per heavy atom. The van der Waals surface area contributed by atoms with Gasteiger partial charge in [0, 0.05) is 13.2 Å². The maximum absolute atomic E-state index is 12.0. The van der Waals surface area contributed by atoms with E-state index in [0.29, 0.717) is 0 Å². The molecule has 68 valence electrons. The third kappa shape index (κ3) is 3.07. The van der Waals surface area contributed by atoms with Gasteiger partial charge in [0.2, 0.25) is 0 Å². The standard InChI is InChI=1S/C6H12F3NO/c1-3-4(10)5(11-2)6(7,8)9/h4-5H,3,10H2,1-2H3/t4-,5-/m1/s1. The number of rotatable bonds is 3. The quantitative estimate of drug-likeness (QED) is 0.694. The highest BCUT2D eigenvalue weighted by Crippen LogP contribution is 2.24. The lowest BCUT2D eigenvalue weighted by molar-refractivity contribution is -0.218.